The van der Waals surface area contributed by atoms with E-state index in [0.29, 0.717) is 19.3 Å². The van der Waals surface area contributed by atoms with Crippen LogP contribution in [0.2, 0.25) is 13.1 Å². The van der Waals surface area contributed by atoms with Gasteiger partial charge in [-0.25, -0.2) is 0 Å². The standard InChI is InChI=1S/C31H40BNO4/c1-19(34)37-31(28(36)18-32-3)15-14-27-25-12-8-21-16-23(35)11-13-24(21)29(25)26(17-30(27,31)2)20-6-9-22(10-7-20)33(4)5/h6-7,9-10,16,25-27,32H,8,11-15,17-18H2,1-5H3/t25?,26?,27?,30-,31-/m0/s1/i32D. The lowest BCUT2D eigenvalue weighted by atomic mass is 9.50. The SMILES string of the molecule is [2H]B(C)CC(=O)[C@@]1(OC(C)=O)CCC2C3CCC4=CC(=O)CCC4=C3C(c3ccc(N(C)C)cc3)C[C@@]21C. The molecule has 2 fully saturated rings. The number of benzene rings is 1. The lowest BCUT2D eigenvalue weighted by Crippen LogP contribution is -2.57. The van der Waals surface area contributed by atoms with Gasteiger partial charge < -0.3 is 9.64 Å². The highest BCUT2D eigenvalue weighted by atomic mass is 16.6. The molecule has 4 aliphatic carbocycles. The minimum Gasteiger partial charge on any atom is -0.451 e. The Morgan fingerprint density at radius 1 is 1.16 bits per heavy atom. The number of Topliss-reactive ketones (excluding diaryl/α,β-unsaturated/α-hetero) is 1. The first kappa shape index (κ1) is 24.7. The van der Waals surface area contributed by atoms with Gasteiger partial charge in [0.15, 0.2) is 17.2 Å². The highest BCUT2D eigenvalue weighted by Crippen LogP contribution is 2.68. The van der Waals surface area contributed by atoms with Gasteiger partial charge in [0, 0.05) is 44.5 Å². The number of hydrogen-bond donors (Lipinski definition) is 0. The van der Waals surface area contributed by atoms with Gasteiger partial charge in [-0.3, -0.25) is 14.4 Å². The molecule has 1 aromatic carbocycles. The van der Waals surface area contributed by atoms with Crippen molar-refractivity contribution in [3.63, 3.8) is 0 Å². The van der Waals surface area contributed by atoms with Crippen LogP contribution in [0.5, 0.6) is 0 Å². The molecule has 0 spiro atoms. The van der Waals surface area contributed by atoms with Crippen LogP contribution >= 0.6 is 0 Å². The largest absolute Gasteiger partial charge is 0.451 e. The Labute approximate surface area is 223 Å². The Morgan fingerprint density at radius 3 is 2.54 bits per heavy atom. The predicted molar refractivity (Wildman–Crippen MR) is 148 cm³/mol. The topological polar surface area (TPSA) is 63.7 Å². The Hall–Kier alpha value is -2.63. The highest BCUT2D eigenvalue weighted by Gasteiger charge is 2.67. The fourth-order valence-electron chi connectivity index (χ4n) is 8.23. The van der Waals surface area contributed by atoms with Gasteiger partial charge in [0.1, 0.15) is 7.24 Å². The van der Waals surface area contributed by atoms with Gasteiger partial charge in [-0.15, -0.1) is 0 Å². The van der Waals surface area contributed by atoms with E-state index in [2.05, 4.69) is 36.1 Å². The number of esters is 1. The minimum absolute atomic E-state index is 0.0821. The predicted octanol–water partition coefficient (Wildman–Crippen LogP) is 5.43. The summed E-state index contributed by atoms with van der Waals surface area (Å²) in [6.07, 6.45) is 7.19. The molecule has 4 aliphatic rings. The van der Waals surface area contributed by atoms with Crippen molar-refractivity contribution in [3.8, 4) is 0 Å². The normalized spacial score (nSPS) is 33.0. The lowest BCUT2D eigenvalue weighted by molar-refractivity contribution is -0.182. The number of hydrogen-bond acceptors (Lipinski definition) is 5. The Morgan fingerprint density at radius 2 is 1.89 bits per heavy atom. The van der Waals surface area contributed by atoms with Crippen LogP contribution in [0.25, 0.3) is 0 Å². The van der Waals surface area contributed by atoms with Crippen molar-refractivity contribution in [2.75, 3.05) is 19.0 Å². The first-order valence-corrected chi connectivity index (χ1v) is 13.9. The van der Waals surface area contributed by atoms with Gasteiger partial charge in [-0.1, -0.05) is 31.5 Å². The molecular formula is C31H40BNO4. The van der Waals surface area contributed by atoms with Gasteiger partial charge in [-0.05, 0) is 92.9 Å². The second kappa shape index (κ2) is 9.60. The van der Waals surface area contributed by atoms with Crippen LogP contribution in [0, 0.1) is 17.3 Å². The molecule has 0 N–H and O–H groups in total. The third kappa shape index (κ3) is 4.11. The van der Waals surface area contributed by atoms with Crippen molar-refractivity contribution in [2.24, 2.45) is 17.3 Å². The van der Waals surface area contributed by atoms with Crippen LogP contribution in [-0.2, 0) is 19.1 Å². The van der Waals surface area contributed by atoms with Crippen LogP contribution in [0.15, 0.2) is 47.1 Å². The molecule has 6 heteroatoms. The van der Waals surface area contributed by atoms with E-state index in [1.54, 1.807) is 6.82 Å². The van der Waals surface area contributed by atoms with E-state index in [-0.39, 0.29) is 35.6 Å². The number of carbonyl (C=O) groups is 3. The minimum atomic E-state index is -1.20. The zero-order chi connectivity index (χ0) is 27.4. The Kier molecular flexibility index (Phi) is 6.41. The summed E-state index contributed by atoms with van der Waals surface area (Å²) < 4.78 is 14.2. The van der Waals surface area contributed by atoms with Crippen molar-refractivity contribution >= 4 is 30.5 Å². The quantitative estimate of drug-likeness (QED) is 0.384. The molecule has 3 unspecified atom stereocenters. The van der Waals surface area contributed by atoms with Crippen molar-refractivity contribution in [2.45, 2.75) is 83.5 Å². The lowest BCUT2D eigenvalue weighted by Gasteiger charge is -2.55. The third-order valence-corrected chi connectivity index (χ3v) is 9.82. The molecule has 196 valence electrons. The Balaban J connectivity index is 1.67. The number of nitrogens with zero attached hydrogens (tertiary/aromatic N) is 1. The summed E-state index contributed by atoms with van der Waals surface area (Å²) in [5.74, 6) is 0.280. The van der Waals surface area contributed by atoms with Crippen LogP contribution in [0.4, 0.5) is 5.69 Å². The summed E-state index contributed by atoms with van der Waals surface area (Å²) in [6, 6.07) is 8.70. The van der Waals surface area contributed by atoms with Gasteiger partial charge >= 0.3 is 5.97 Å². The van der Waals surface area contributed by atoms with Crippen molar-refractivity contribution in [1.29, 1.82) is 1.34 Å². The number of allylic oxidation sites excluding steroid dienone is 4. The molecule has 37 heavy (non-hydrogen) atoms. The summed E-state index contributed by atoms with van der Waals surface area (Å²) in [5.41, 5.74) is 4.63. The first-order chi connectivity index (χ1) is 18.0. The molecule has 0 saturated heterocycles. The van der Waals surface area contributed by atoms with Crippen LogP contribution in [0.1, 0.15) is 70.3 Å². The van der Waals surface area contributed by atoms with Crippen molar-refractivity contribution < 1.29 is 19.1 Å². The summed E-state index contributed by atoms with van der Waals surface area (Å²) in [7, 11) is 3.52. The van der Waals surface area contributed by atoms with Gasteiger partial charge in [0.05, 0.1) is 0 Å². The van der Waals surface area contributed by atoms with Crippen molar-refractivity contribution in [1.82, 2.24) is 0 Å². The van der Waals surface area contributed by atoms with Crippen LogP contribution in [-0.4, -0.2) is 45.8 Å². The maximum absolute atomic E-state index is 13.9. The number of anilines is 1. The van der Waals surface area contributed by atoms with Crippen molar-refractivity contribution in [3.05, 3.63) is 52.6 Å². The summed E-state index contributed by atoms with van der Waals surface area (Å²) in [6.45, 7) is 5.31. The fraction of sp³-hybridized carbons (Fsp3) is 0.581. The molecule has 0 heterocycles. The third-order valence-electron chi connectivity index (χ3n) is 9.82. The summed E-state index contributed by atoms with van der Waals surface area (Å²) in [4.78, 5) is 40.8. The molecule has 0 bridgehead atoms. The number of carbonyl (C=O) groups excluding carboxylic acids is 3. The molecule has 5 nitrogen and oxygen atoms in total. The van der Waals surface area contributed by atoms with Crippen LogP contribution < -0.4 is 4.90 Å². The number of ether oxygens (including phenoxy) is 1. The monoisotopic (exact) mass is 502 g/mol. The summed E-state index contributed by atoms with van der Waals surface area (Å²) in [5, 5.41) is 0. The zero-order valence-corrected chi connectivity index (χ0v) is 22.9. The first-order valence-electron chi connectivity index (χ1n) is 14.4. The summed E-state index contributed by atoms with van der Waals surface area (Å²) >= 11 is 0. The molecule has 0 amide bonds. The molecule has 0 radical (unpaired) electrons. The number of ketones is 2. The average molecular weight is 502 g/mol. The van der Waals surface area contributed by atoms with E-state index in [1.807, 2.05) is 20.2 Å². The van der Waals surface area contributed by atoms with E-state index < -0.39 is 24.2 Å². The maximum atomic E-state index is 13.9. The van der Waals surface area contributed by atoms with E-state index in [0.717, 1.165) is 31.4 Å². The van der Waals surface area contributed by atoms with E-state index in [1.165, 1.54) is 29.2 Å². The highest BCUT2D eigenvalue weighted by molar-refractivity contribution is 6.40. The Bertz CT molecular complexity index is 1220. The molecule has 0 aliphatic heterocycles. The smallest absolute Gasteiger partial charge is 0.303 e. The zero-order valence-electron chi connectivity index (χ0n) is 23.9. The average Bonchev–Trinajstić information content (AvgIpc) is 3.15. The van der Waals surface area contributed by atoms with Gasteiger partial charge in [0.2, 0.25) is 0 Å². The molecule has 0 aromatic heterocycles. The van der Waals surface area contributed by atoms with E-state index in [4.69, 9.17) is 6.07 Å². The van der Waals surface area contributed by atoms with E-state index in [9.17, 15) is 14.4 Å². The number of rotatable bonds is 6. The van der Waals surface area contributed by atoms with Crippen LogP contribution in [0.3, 0.4) is 0 Å². The fourth-order valence-corrected chi connectivity index (χ4v) is 8.23. The molecule has 1 aromatic rings. The number of fused-ring (bicyclic) bond motifs is 4. The second-order valence-corrected chi connectivity index (χ2v) is 12.0. The molecule has 2 saturated carbocycles. The second-order valence-electron chi connectivity index (χ2n) is 12.0. The van der Waals surface area contributed by atoms with E-state index >= 15 is 0 Å². The van der Waals surface area contributed by atoms with Gasteiger partial charge in [-0.2, -0.15) is 0 Å². The van der Waals surface area contributed by atoms with Gasteiger partial charge in [0.25, 0.3) is 0 Å². The maximum Gasteiger partial charge on any atom is 0.303 e. The molecule has 5 atom stereocenters. The molecular weight excluding hydrogens is 461 g/mol. The molecule has 5 rings (SSSR count).